The van der Waals surface area contributed by atoms with Crippen LogP contribution in [0.3, 0.4) is 0 Å². The van der Waals surface area contributed by atoms with Crippen LogP contribution in [0.25, 0.3) is 0 Å². The number of rotatable bonds is 6. The lowest BCUT2D eigenvalue weighted by atomic mass is 10.1. The lowest BCUT2D eigenvalue weighted by Gasteiger charge is -2.19. The highest BCUT2D eigenvalue weighted by atomic mass is 32.1. The number of amides is 2. The zero-order valence-electron chi connectivity index (χ0n) is 14.8. The van der Waals surface area contributed by atoms with Crippen molar-refractivity contribution in [2.24, 2.45) is 0 Å². The monoisotopic (exact) mass is 356 g/mol. The van der Waals surface area contributed by atoms with E-state index in [-0.39, 0.29) is 11.8 Å². The van der Waals surface area contributed by atoms with Crippen molar-refractivity contribution in [3.63, 3.8) is 0 Å². The molecule has 1 saturated heterocycles. The highest BCUT2D eigenvalue weighted by molar-refractivity contribution is 7.14. The molecular formula is C20H24N2O2S. The molecule has 132 valence electrons. The van der Waals surface area contributed by atoms with E-state index in [1.54, 1.807) is 16.2 Å². The number of carbonyl (C=O) groups is 2. The van der Waals surface area contributed by atoms with Gasteiger partial charge < -0.3 is 10.2 Å². The molecule has 5 heteroatoms. The molecule has 0 aliphatic carbocycles. The van der Waals surface area contributed by atoms with Gasteiger partial charge in [-0.3, -0.25) is 9.59 Å². The number of para-hydroxylation sites is 2. The van der Waals surface area contributed by atoms with Crippen LogP contribution >= 0.6 is 11.3 Å². The van der Waals surface area contributed by atoms with Crippen molar-refractivity contribution < 1.29 is 9.59 Å². The number of benzene rings is 1. The zero-order chi connectivity index (χ0) is 17.8. The van der Waals surface area contributed by atoms with Crippen LogP contribution in [0.2, 0.25) is 0 Å². The normalized spacial score (nSPS) is 14.2. The molecule has 1 N–H and O–H groups in total. The molecule has 1 aliphatic rings. The molecule has 1 aromatic carbocycles. The van der Waals surface area contributed by atoms with Gasteiger partial charge in [0, 0.05) is 17.8 Å². The largest absolute Gasteiger partial charge is 0.319 e. The van der Waals surface area contributed by atoms with Gasteiger partial charge in [-0.15, -0.1) is 11.3 Å². The van der Waals surface area contributed by atoms with E-state index in [1.165, 1.54) is 10.4 Å². The Labute approximate surface area is 152 Å². The molecule has 3 rings (SSSR count). The van der Waals surface area contributed by atoms with E-state index in [0.29, 0.717) is 18.7 Å². The van der Waals surface area contributed by atoms with Crippen LogP contribution in [-0.2, 0) is 17.6 Å². The molecule has 1 aromatic heterocycles. The summed E-state index contributed by atoms with van der Waals surface area (Å²) in [5.41, 5.74) is 2.76. The van der Waals surface area contributed by atoms with Crippen molar-refractivity contribution in [1.29, 1.82) is 0 Å². The predicted molar refractivity (Wildman–Crippen MR) is 104 cm³/mol. The quantitative estimate of drug-likeness (QED) is 0.819. The minimum Gasteiger partial charge on any atom is -0.319 e. The summed E-state index contributed by atoms with van der Waals surface area (Å²) < 4.78 is 0. The Morgan fingerprint density at radius 1 is 1.28 bits per heavy atom. The smallest absolute Gasteiger partial charge is 0.265 e. The Bertz CT molecular complexity index is 782. The van der Waals surface area contributed by atoms with Crippen LogP contribution in [0.15, 0.2) is 30.3 Å². The Morgan fingerprint density at radius 2 is 2.08 bits per heavy atom. The topological polar surface area (TPSA) is 49.4 Å². The third kappa shape index (κ3) is 3.76. The first-order valence-corrected chi connectivity index (χ1v) is 9.78. The van der Waals surface area contributed by atoms with E-state index in [2.05, 4.69) is 19.2 Å². The fourth-order valence-corrected chi connectivity index (χ4v) is 4.47. The zero-order valence-corrected chi connectivity index (χ0v) is 15.6. The summed E-state index contributed by atoms with van der Waals surface area (Å²) in [4.78, 5) is 28.6. The Balaban J connectivity index is 1.83. The Hall–Kier alpha value is -2.14. The lowest BCUT2D eigenvalue weighted by Crippen LogP contribution is -2.25. The summed E-state index contributed by atoms with van der Waals surface area (Å²) in [7, 11) is 0. The molecule has 2 amide bonds. The Morgan fingerprint density at radius 3 is 2.76 bits per heavy atom. The van der Waals surface area contributed by atoms with E-state index in [1.807, 2.05) is 30.3 Å². The number of anilines is 2. The summed E-state index contributed by atoms with van der Waals surface area (Å²) >= 11 is 1.58. The minimum absolute atomic E-state index is 0.0962. The first-order chi connectivity index (χ1) is 12.1. The molecular weight excluding hydrogens is 332 g/mol. The summed E-state index contributed by atoms with van der Waals surface area (Å²) in [6.07, 6.45) is 4.48. The molecule has 0 unspecified atom stereocenters. The van der Waals surface area contributed by atoms with Gasteiger partial charge in [0.25, 0.3) is 5.91 Å². The van der Waals surface area contributed by atoms with E-state index in [4.69, 9.17) is 0 Å². The average molecular weight is 356 g/mol. The molecule has 0 radical (unpaired) electrons. The van der Waals surface area contributed by atoms with Gasteiger partial charge in [0.1, 0.15) is 0 Å². The number of aryl methyl sites for hydroxylation is 2. The summed E-state index contributed by atoms with van der Waals surface area (Å²) in [5, 5.41) is 3.01. The summed E-state index contributed by atoms with van der Waals surface area (Å²) in [6, 6.07) is 9.55. The standard InChI is InChI=1S/C20H24N2O2S/c1-3-8-17-14(4-2)13-18(25-17)20(24)21-15-9-5-6-10-16(15)22-12-7-11-19(22)23/h5-6,9-10,13H,3-4,7-8,11-12H2,1-2H3,(H,21,24). The van der Waals surface area contributed by atoms with Gasteiger partial charge in [-0.2, -0.15) is 0 Å². The minimum atomic E-state index is -0.0962. The maximum atomic E-state index is 12.7. The number of hydrogen-bond donors (Lipinski definition) is 1. The maximum absolute atomic E-state index is 12.7. The fraction of sp³-hybridized carbons (Fsp3) is 0.400. The number of hydrogen-bond acceptors (Lipinski definition) is 3. The van der Waals surface area contributed by atoms with Gasteiger partial charge in [-0.25, -0.2) is 0 Å². The van der Waals surface area contributed by atoms with Crippen molar-refractivity contribution in [3.8, 4) is 0 Å². The maximum Gasteiger partial charge on any atom is 0.265 e. The first-order valence-electron chi connectivity index (χ1n) is 8.96. The third-order valence-corrected chi connectivity index (χ3v) is 5.73. The van der Waals surface area contributed by atoms with Crippen molar-refractivity contribution in [1.82, 2.24) is 0 Å². The number of nitrogens with one attached hydrogen (secondary N) is 1. The second-order valence-corrected chi connectivity index (χ2v) is 7.42. The van der Waals surface area contributed by atoms with Crippen LogP contribution in [0.4, 0.5) is 11.4 Å². The van der Waals surface area contributed by atoms with Crippen LogP contribution in [-0.4, -0.2) is 18.4 Å². The molecule has 25 heavy (non-hydrogen) atoms. The van der Waals surface area contributed by atoms with Gasteiger partial charge in [0.05, 0.1) is 16.3 Å². The van der Waals surface area contributed by atoms with E-state index < -0.39 is 0 Å². The number of carbonyl (C=O) groups excluding carboxylic acids is 2. The van der Waals surface area contributed by atoms with Crippen molar-refractivity contribution in [2.75, 3.05) is 16.8 Å². The molecule has 0 spiro atoms. The number of nitrogens with zero attached hydrogens (tertiary/aromatic N) is 1. The first kappa shape index (κ1) is 17.7. The van der Waals surface area contributed by atoms with Crippen molar-refractivity contribution >= 4 is 34.5 Å². The molecule has 0 saturated carbocycles. The highest BCUT2D eigenvalue weighted by Crippen LogP contribution is 2.31. The summed E-state index contributed by atoms with van der Waals surface area (Å²) in [5.74, 6) is 0.0254. The molecule has 4 nitrogen and oxygen atoms in total. The van der Waals surface area contributed by atoms with Crippen LogP contribution in [0.1, 0.15) is 53.2 Å². The van der Waals surface area contributed by atoms with Gasteiger partial charge in [-0.1, -0.05) is 32.4 Å². The Kier molecular flexibility index (Phi) is 5.53. The third-order valence-electron chi connectivity index (χ3n) is 4.49. The fourth-order valence-electron chi connectivity index (χ4n) is 3.22. The van der Waals surface area contributed by atoms with Crippen molar-refractivity contribution in [3.05, 3.63) is 45.6 Å². The van der Waals surface area contributed by atoms with Gasteiger partial charge in [0.15, 0.2) is 0 Å². The average Bonchev–Trinajstić information content (AvgIpc) is 3.22. The van der Waals surface area contributed by atoms with E-state index in [9.17, 15) is 9.59 Å². The molecule has 2 heterocycles. The van der Waals surface area contributed by atoms with E-state index in [0.717, 1.165) is 36.2 Å². The second kappa shape index (κ2) is 7.83. The molecule has 0 bridgehead atoms. The molecule has 1 aliphatic heterocycles. The molecule has 1 fully saturated rings. The van der Waals surface area contributed by atoms with Crippen molar-refractivity contribution in [2.45, 2.75) is 46.0 Å². The SMILES string of the molecule is CCCc1sc(C(=O)Nc2ccccc2N2CCCC2=O)cc1CC. The van der Waals surface area contributed by atoms with E-state index >= 15 is 0 Å². The highest BCUT2D eigenvalue weighted by Gasteiger charge is 2.24. The number of thiophene rings is 1. The predicted octanol–water partition coefficient (Wildman–Crippen LogP) is 4.64. The van der Waals surface area contributed by atoms with Crippen LogP contribution in [0.5, 0.6) is 0 Å². The van der Waals surface area contributed by atoms with Gasteiger partial charge in [0.2, 0.25) is 5.91 Å². The molecule has 2 aromatic rings. The van der Waals surface area contributed by atoms with Gasteiger partial charge in [-0.05, 0) is 43.0 Å². The second-order valence-electron chi connectivity index (χ2n) is 6.28. The lowest BCUT2D eigenvalue weighted by molar-refractivity contribution is -0.117. The molecule has 0 atom stereocenters. The van der Waals surface area contributed by atoms with Gasteiger partial charge >= 0.3 is 0 Å². The summed E-state index contributed by atoms with van der Waals surface area (Å²) in [6.45, 7) is 4.99. The van der Waals surface area contributed by atoms with Crippen LogP contribution < -0.4 is 10.2 Å². The van der Waals surface area contributed by atoms with Crippen LogP contribution in [0, 0.1) is 0 Å².